The summed E-state index contributed by atoms with van der Waals surface area (Å²) in [5, 5.41) is 0. The summed E-state index contributed by atoms with van der Waals surface area (Å²) in [7, 11) is 0. The van der Waals surface area contributed by atoms with Crippen molar-refractivity contribution < 1.29 is 9.53 Å². The number of ether oxygens (including phenoxy) is 1. The molecule has 0 radical (unpaired) electrons. The van der Waals surface area contributed by atoms with Gasteiger partial charge in [-0.2, -0.15) is 0 Å². The average molecular weight is 241 g/mol. The molecule has 1 amide bonds. The van der Waals surface area contributed by atoms with Crippen LogP contribution in [-0.2, 0) is 4.74 Å². The third-order valence-electron chi connectivity index (χ3n) is 3.11. The van der Waals surface area contributed by atoms with Crippen LogP contribution in [0.25, 0.3) is 0 Å². The molecule has 3 heteroatoms. The maximum absolute atomic E-state index is 12.0. The number of hydrogen-bond acceptors (Lipinski definition) is 2. The summed E-state index contributed by atoms with van der Waals surface area (Å²) >= 11 is 0. The minimum absolute atomic E-state index is 0.154. The molecule has 2 unspecified atom stereocenters. The number of carbonyl (C=O) groups is 1. The van der Waals surface area contributed by atoms with Gasteiger partial charge in [0.15, 0.2) is 0 Å². The molecule has 0 spiro atoms. The molecule has 1 rings (SSSR count). The number of rotatable bonds is 0. The van der Waals surface area contributed by atoms with Crippen LogP contribution in [0.2, 0.25) is 0 Å². The molecular formula is C14H27NO2. The monoisotopic (exact) mass is 241 g/mol. The summed E-state index contributed by atoms with van der Waals surface area (Å²) in [5.41, 5.74) is -0.393. The fourth-order valence-electron chi connectivity index (χ4n) is 2.47. The second kappa shape index (κ2) is 5.74. The van der Waals surface area contributed by atoms with E-state index in [2.05, 4.69) is 13.8 Å². The van der Waals surface area contributed by atoms with Crippen LogP contribution in [0, 0.1) is 11.8 Å². The molecule has 0 bridgehead atoms. The first kappa shape index (κ1) is 14.3. The maximum Gasteiger partial charge on any atom is 0.410 e. The van der Waals surface area contributed by atoms with E-state index in [1.165, 1.54) is 12.8 Å². The predicted octanol–water partition coefficient (Wildman–Crippen LogP) is 3.68. The van der Waals surface area contributed by atoms with E-state index in [9.17, 15) is 4.79 Å². The fraction of sp³-hybridized carbons (Fsp3) is 0.929. The molecule has 1 aliphatic rings. The Morgan fingerprint density at radius 2 is 1.88 bits per heavy atom. The van der Waals surface area contributed by atoms with Gasteiger partial charge in [-0.1, -0.05) is 13.8 Å². The highest BCUT2D eigenvalue weighted by Gasteiger charge is 2.25. The van der Waals surface area contributed by atoms with Gasteiger partial charge < -0.3 is 9.64 Å². The minimum Gasteiger partial charge on any atom is -0.444 e. The molecule has 0 aromatic heterocycles. The van der Waals surface area contributed by atoms with Crippen LogP contribution in [0.1, 0.15) is 53.9 Å². The SMILES string of the molecule is CC1CCCN(C(=O)OC(C)(C)C)CC(C)C1. The van der Waals surface area contributed by atoms with Crippen LogP contribution in [0.5, 0.6) is 0 Å². The number of amides is 1. The summed E-state index contributed by atoms with van der Waals surface area (Å²) in [6.45, 7) is 11.9. The quantitative estimate of drug-likeness (QED) is 0.647. The zero-order chi connectivity index (χ0) is 13.1. The van der Waals surface area contributed by atoms with Gasteiger partial charge in [-0.25, -0.2) is 4.79 Å². The second-order valence-corrected chi connectivity index (χ2v) is 6.51. The minimum atomic E-state index is -0.393. The first-order chi connectivity index (χ1) is 7.78. The molecule has 0 N–H and O–H groups in total. The lowest BCUT2D eigenvalue weighted by Gasteiger charge is -2.32. The Morgan fingerprint density at radius 3 is 2.47 bits per heavy atom. The summed E-state index contributed by atoms with van der Waals surface area (Å²) in [6, 6.07) is 0. The Kier molecular flexibility index (Phi) is 4.84. The highest BCUT2D eigenvalue weighted by molar-refractivity contribution is 5.68. The molecule has 100 valence electrons. The van der Waals surface area contributed by atoms with Crippen molar-refractivity contribution in [3.05, 3.63) is 0 Å². The molecule has 17 heavy (non-hydrogen) atoms. The van der Waals surface area contributed by atoms with E-state index in [1.54, 1.807) is 0 Å². The van der Waals surface area contributed by atoms with Gasteiger partial charge >= 0.3 is 6.09 Å². The molecule has 1 saturated heterocycles. The molecule has 0 aliphatic carbocycles. The van der Waals surface area contributed by atoms with Crippen molar-refractivity contribution in [1.82, 2.24) is 4.90 Å². The molecule has 1 aliphatic heterocycles. The van der Waals surface area contributed by atoms with E-state index in [4.69, 9.17) is 4.74 Å². The Balaban J connectivity index is 2.54. The van der Waals surface area contributed by atoms with Gasteiger partial charge in [-0.15, -0.1) is 0 Å². The number of likely N-dealkylation sites (tertiary alicyclic amines) is 1. The molecule has 0 aromatic carbocycles. The first-order valence-electron chi connectivity index (χ1n) is 6.76. The van der Waals surface area contributed by atoms with Gasteiger partial charge in [-0.3, -0.25) is 0 Å². The second-order valence-electron chi connectivity index (χ2n) is 6.51. The average Bonchev–Trinajstić information content (AvgIpc) is 2.10. The van der Waals surface area contributed by atoms with E-state index in [-0.39, 0.29) is 6.09 Å². The van der Waals surface area contributed by atoms with Crippen molar-refractivity contribution in [1.29, 1.82) is 0 Å². The predicted molar refractivity (Wildman–Crippen MR) is 70.0 cm³/mol. The number of carbonyl (C=O) groups excluding carboxylic acids is 1. The number of hydrogen-bond donors (Lipinski definition) is 0. The van der Waals surface area contributed by atoms with Gasteiger partial charge in [0.05, 0.1) is 0 Å². The first-order valence-corrected chi connectivity index (χ1v) is 6.76. The van der Waals surface area contributed by atoms with Gasteiger partial charge in [-0.05, 0) is 51.9 Å². The van der Waals surface area contributed by atoms with Crippen molar-refractivity contribution >= 4 is 6.09 Å². The Hall–Kier alpha value is -0.730. The van der Waals surface area contributed by atoms with E-state index in [0.29, 0.717) is 5.92 Å². The zero-order valence-electron chi connectivity index (χ0n) is 12.0. The van der Waals surface area contributed by atoms with Gasteiger partial charge in [0.25, 0.3) is 0 Å². The Bertz CT molecular complexity index is 257. The van der Waals surface area contributed by atoms with E-state index < -0.39 is 5.60 Å². The van der Waals surface area contributed by atoms with E-state index in [1.807, 2.05) is 25.7 Å². The maximum atomic E-state index is 12.0. The van der Waals surface area contributed by atoms with Crippen molar-refractivity contribution in [3.63, 3.8) is 0 Å². The molecule has 2 atom stereocenters. The van der Waals surface area contributed by atoms with Crippen LogP contribution in [0.3, 0.4) is 0 Å². The molecule has 3 nitrogen and oxygen atoms in total. The normalized spacial score (nSPS) is 27.2. The van der Waals surface area contributed by atoms with E-state index in [0.717, 1.165) is 25.4 Å². The highest BCUT2D eigenvalue weighted by atomic mass is 16.6. The molecular weight excluding hydrogens is 214 g/mol. The summed E-state index contributed by atoms with van der Waals surface area (Å²) in [5.74, 6) is 1.35. The zero-order valence-corrected chi connectivity index (χ0v) is 12.0. The lowest BCUT2D eigenvalue weighted by atomic mass is 9.91. The molecule has 0 aromatic rings. The number of nitrogens with zero attached hydrogens (tertiary/aromatic N) is 1. The third-order valence-corrected chi connectivity index (χ3v) is 3.11. The lowest BCUT2D eigenvalue weighted by molar-refractivity contribution is 0.0196. The fourth-order valence-corrected chi connectivity index (χ4v) is 2.47. The van der Waals surface area contributed by atoms with Crippen LogP contribution in [0.4, 0.5) is 4.79 Å². The summed E-state index contributed by atoms with van der Waals surface area (Å²) < 4.78 is 5.44. The van der Waals surface area contributed by atoms with Crippen molar-refractivity contribution in [2.45, 2.75) is 59.5 Å². The van der Waals surface area contributed by atoms with Crippen molar-refractivity contribution in [2.24, 2.45) is 11.8 Å². The van der Waals surface area contributed by atoms with E-state index >= 15 is 0 Å². The topological polar surface area (TPSA) is 29.5 Å². The van der Waals surface area contributed by atoms with Crippen LogP contribution in [0.15, 0.2) is 0 Å². The van der Waals surface area contributed by atoms with Crippen molar-refractivity contribution in [3.8, 4) is 0 Å². The van der Waals surface area contributed by atoms with Crippen LogP contribution >= 0.6 is 0 Å². The highest BCUT2D eigenvalue weighted by Crippen LogP contribution is 2.22. The molecule has 0 saturated carbocycles. The molecule has 1 heterocycles. The Labute approximate surface area is 106 Å². The van der Waals surface area contributed by atoms with Gasteiger partial charge in [0, 0.05) is 13.1 Å². The lowest BCUT2D eigenvalue weighted by Crippen LogP contribution is -2.41. The van der Waals surface area contributed by atoms with Crippen LogP contribution in [-0.4, -0.2) is 29.7 Å². The largest absolute Gasteiger partial charge is 0.444 e. The summed E-state index contributed by atoms with van der Waals surface area (Å²) in [4.78, 5) is 13.9. The van der Waals surface area contributed by atoms with Gasteiger partial charge in [0.2, 0.25) is 0 Å². The van der Waals surface area contributed by atoms with Gasteiger partial charge in [0.1, 0.15) is 5.60 Å². The standard InChI is InChI=1S/C14H27NO2/c1-11-7-6-8-15(10-12(2)9-11)13(16)17-14(3,4)5/h11-12H,6-10H2,1-5H3. The smallest absolute Gasteiger partial charge is 0.410 e. The summed E-state index contributed by atoms with van der Waals surface area (Å²) in [6.07, 6.45) is 3.36. The van der Waals surface area contributed by atoms with Crippen molar-refractivity contribution in [2.75, 3.05) is 13.1 Å². The Morgan fingerprint density at radius 1 is 1.24 bits per heavy atom. The third kappa shape index (κ3) is 5.42. The molecule has 1 fully saturated rings. The van der Waals surface area contributed by atoms with Crippen LogP contribution < -0.4 is 0 Å².